The molecule has 0 spiro atoms. The Morgan fingerprint density at radius 1 is 1.08 bits per heavy atom. The molecule has 1 aliphatic heterocycles. The van der Waals surface area contributed by atoms with Gasteiger partial charge in [0.15, 0.2) is 0 Å². The monoisotopic (exact) mass is 556 g/mol. The summed E-state index contributed by atoms with van der Waals surface area (Å²) in [7, 11) is 1.31. The van der Waals surface area contributed by atoms with E-state index in [2.05, 4.69) is 15.6 Å². The highest BCUT2D eigenvalue weighted by atomic mass is 32.2. The van der Waals surface area contributed by atoms with Crippen LogP contribution >= 0.6 is 24.0 Å². The number of nitro groups is 1. The molecule has 0 aromatic heterocycles. The van der Waals surface area contributed by atoms with Crippen LogP contribution in [0.4, 0.5) is 5.69 Å². The summed E-state index contributed by atoms with van der Waals surface area (Å²) in [6.07, 6.45) is 3.66. The minimum absolute atomic E-state index is 0.0512. The molecule has 1 fully saturated rings. The summed E-state index contributed by atoms with van der Waals surface area (Å²) in [6.45, 7) is 0.411. The maximum Gasteiger partial charge on any atom is 0.337 e. The second kappa shape index (κ2) is 13.4. The molecule has 38 heavy (non-hydrogen) atoms. The van der Waals surface area contributed by atoms with Crippen molar-refractivity contribution in [3.05, 3.63) is 80.2 Å². The van der Waals surface area contributed by atoms with E-state index in [4.69, 9.17) is 12.2 Å². The number of methoxy groups -OCH3 is 1. The zero-order valence-electron chi connectivity index (χ0n) is 20.3. The molecular formula is C25H24N4O7S2. The Labute approximate surface area is 227 Å². The maximum absolute atomic E-state index is 12.8. The number of rotatable bonds is 10. The van der Waals surface area contributed by atoms with E-state index in [1.54, 1.807) is 30.3 Å². The molecule has 13 heteroatoms. The highest BCUT2D eigenvalue weighted by molar-refractivity contribution is 8.26. The number of amides is 3. The fourth-order valence-electron chi connectivity index (χ4n) is 3.43. The number of carbonyl (C=O) groups excluding carboxylic acids is 4. The Balaban J connectivity index is 1.39. The van der Waals surface area contributed by atoms with Crippen molar-refractivity contribution >= 4 is 63.8 Å². The van der Waals surface area contributed by atoms with E-state index in [0.29, 0.717) is 40.6 Å². The van der Waals surface area contributed by atoms with Gasteiger partial charge in [-0.1, -0.05) is 48.6 Å². The lowest BCUT2D eigenvalue weighted by molar-refractivity contribution is -0.384. The van der Waals surface area contributed by atoms with Gasteiger partial charge in [-0.05, 0) is 42.7 Å². The molecule has 3 rings (SSSR count). The van der Waals surface area contributed by atoms with Gasteiger partial charge in [0, 0.05) is 30.7 Å². The first-order valence-corrected chi connectivity index (χ1v) is 12.7. The molecule has 0 unspecified atom stereocenters. The number of hydrogen-bond acceptors (Lipinski definition) is 9. The van der Waals surface area contributed by atoms with Gasteiger partial charge < -0.3 is 4.74 Å². The molecule has 0 bridgehead atoms. The van der Waals surface area contributed by atoms with E-state index in [9.17, 15) is 29.3 Å². The molecule has 1 saturated heterocycles. The van der Waals surface area contributed by atoms with Crippen LogP contribution in [0.3, 0.4) is 0 Å². The second-order valence-electron chi connectivity index (χ2n) is 8.07. The van der Waals surface area contributed by atoms with Crippen molar-refractivity contribution in [2.75, 3.05) is 13.7 Å². The third-order valence-electron chi connectivity index (χ3n) is 5.42. The van der Waals surface area contributed by atoms with E-state index >= 15 is 0 Å². The summed E-state index contributed by atoms with van der Waals surface area (Å²) < 4.78 is 5.13. The lowest BCUT2D eigenvalue weighted by Crippen LogP contribution is -2.41. The predicted octanol–water partition coefficient (Wildman–Crippen LogP) is 3.60. The lowest BCUT2D eigenvalue weighted by atomic mass is 10.1. The number of ether oxygens (including phenoxy) is 1. The highest BCUT2D eigenvalue weighted by Gasteiger charge is 2.31. The maximum atomic E-state index is 12.8. The topological polar surface area (TPSA) is 148 Å². The molecule has 0 atom stereocenters. The Hall–Kier alpha value is -4.10. The van der Waals surface area contributed by atoms with Crippen molar-refractivity contribution in [1.29, 1.82) is 0 Å². The predicted molar refractivity (Wildman–Crippen MR) is 145 cm³/mol. The highest BCUT2D eigenvalue weighted by Crippen LogP contribution is 2.32. The largest absolute Gasteiger partial charge is 0.465 e. The van der Waals surface area contributed by atoms with Crippen molar-refractivity contribution in [3.63, 3.8) is 0 Å². The van der Waals surface area contributed by atoms with Crippen LogP contribution in [0, 0.1) is 10.1 Å². The zero-order chi connectivity index (χ0) is 27.7. The number of benzene rings is 2. The first-order chi connectivity index (χ1) is 18.2. The van der Waals surface area contributed by atoms with E-state index in [1.165, 1.54) is 42.0 Å². The Bertz CT molecular complexity index is 1290. The van der Waals surface area contributed by atoms with Crippen LogP contribution in [0.5, 0.6) is 0 Å². The molecule has 0 radical (unpaired) electrons. The molecule has 1 heterocycles. The number of hydrogen-bond donors (Lipinski definition) is 2. The number of esters is 1. The molecule has 3 amide bonds. The minimum Gasteiger partial charge on any atom is -0.465 e. The van der Waals surface area contributed by atoms with Crippen molar-refractivity contribution in [1.82, 2.24) is 15.8 Å². The van der Waals surface area contributed by atoms with Crippen LogP contribution in [0.25, 0.3) is 6.08 Å². The van der Waals surface area contributed by atoms with Gasteiger partial charge in [0.05, 0.1) is 22.5 Å². The number of nitrogens with zero attached hydrogens (tertiary/aromatic N) is 2. The van der Waals surface area contributed by atoms with Gasteiger partial charge in [0.2, 0.25) is 5.91 Å². The number of non-ortho nitro benzene ring substituents is 1. The minimum atomic E-state index is -0.663. The van der Waals surface area contributed by atoms with E-state index < -0.39 is 22.7 Å². The second-order valence-corrected chi connectivity index (χ2v) is 9.74. The first kappa shape index (κ1) is 28.5. The molecule has 0 aliphatic carbocycles. The van der Waals surface area contributed by atoms with Crippen molar-refractivity contribution in [2.24, 2.45) is 0 Å². The summed E-state index contributed by atoms with van der Waals surface area (Å²) in [4.78, 5) is 60.6. The Morgan fingerprint density at radius 3 is 2.50 bits per heavy atom. The van der Waals surface area contributed by atoms with Crippen LogP contribution in [-0.2, 0) is 14.3 Å². The number of nitrogens with one attached hydrogen (secondary N) is 2. The smallest absolute Gasteiger partial charge is 0.337 e. The molecule has 198 valence electrons. The van der Waals surface area contributed by atoms with Gasteiger partial charge in [-0.15, -0.1) is 0 Å². The van der Waals surface area contributed by atoms with Crippen molar-refractivity contribution < 1.29 is 28.8 Å². The van der Waals surface area contributed by atoms with Crippen LogP contribution in [0.15, 0.2) is 53.4 Å². The molecule has 1 aliphatic rings. The number of thioether (sulfide) groups is 1. The van der Waals surface area contributed by atoms with Gasteiger partial charge in [-0.3, -0.25) is 40.2 Å². The van der Waals surface area contributed by atoms with Gasteiger partial charge in [-0.2, -0.15) is 0 Å². The van der Waals surface area contributed by atoms with Crippen LogP contribution < -0.4 is 10.9 Å². The van der Waals surface area contributed by atoms with Crippen LogP contribution in [-0.4, -0.2) is 51.5 Å². The van der Waals surface area contributed by atoms with Crippen LogP contribution in [0.2, 0.25) is 0 Å². The summed E-state index contributed by atoms with van der Waals surface area (Å²) in [6, 6.07) is 11.8. The van der Waals surface area contributed by atoms with Gasteiger partial charge >= 0.3 is 5.97 Å². The zero-order valence-corrected chi connectivity index (χ0v) is 21.9. The van der Waals surface area contributed by atoms with Gasteiger partial charge in [0.25, 0.3) is 17.5 Å². The van der Waals surface area contributed by atoms with Crippen molar-refractivity contribution in [2.45, 2.75) is 25.7 Å². The standard InChI is InChI=1S/C25H24N4O7S2/c1-36-24(33)17-11-9-16(10-12-17)14-20-23(32)28(25(37)38-20)13-4-2-3-8-21(30)26-27-22(31)18-6-5-7-19(15-18)29(34)35/h5-7,9-12,14-15H,2-4,8,13H2,1H3,(H,26,30)(H,27,31). The molecule has 11 nitrogen and oxygen atoms in total. The summed E-state index contributed by atoms with van der Waals surface area (Å²) in [5.74, 6) is -1.70. The summed E-state index contributed by atoms with van der Waals surface area (Å²) in [5, 5.41) is 10.8. The molecule has 2 aromatic rings. The Kier molecular flexibility index (Phi) is 10.1. The van der Waals surface area contributed by atoms with Crippen LogP contribution in [0.1, 0.15) is 52.0 Å². The molecule has 2 N–H and O–H groups in total. The average Bonchev–Trinajstić information content (AvgIpc) is 3.18. The number of carbonyl (C=O) groups is 4. The number of thiocarbonyl (C=S) groups is 1. The molecule has 2 aromatic carbocycles. The number of nitro benzene ring substituents is 1. The van der Waals surface area contributed by atoms with Crippen molar-refractivity contribution in [3.8, 4) is 0 Å². The van der Waals surface area contributed by atoms with E-state index in [-0.39, 0.29) is 23.6 Å². The summed E-state index contributed by atoms with van der Waals surface area (Å²) in [5.41, 5.74) is 5.51. The normalized spacial score (nSPS) is 13.9. The van der Waals surface area contributed by atoms with Gasteiger partial charge in [0.1, 0.15) is 4.32 Å². The fourth-order valence-corrected chi connectivity index (χ4v) is 4.74. The first-order valence-electron chi connectivity index (χ1n) is 11.5. The third kappa shape index (κ3) is 7.70. The fraction of sp³-hybridized carbons (Fsp3) is 0.240. The number of hydrazine groups is 1. The SMILES string of the molecule is COC(=O)c1ccc(C=C2SC(=S)N(CCCCCC(=O)NNC(=O)c3cccc([N+](=O)[O-])c3)C2=O)cc1. The van der Waals surface area contributed by atoms with E-state index in [0.717, 1.165) is 11.6 Å². The molecule has 0 saturated carbocycles. The van der Waals surface area contributed by atoms with Gasteiger partial charge in [-0.25, -0.2) is 4.79 Å². The van der Waals surface area contributed by atoms with E-state index in [1.807, 2.05) is 0 Å². The average molecular weight is 557 g/mol. The third-order valence-corrected chi connectivity index (χ3v) is 6.80. The Morgan fingerprint density at radius 2 is 1.82 bits per heavy atom. The molecular weight excluding hydrogens is 532 g/mol. The number of unbranched alkanes of at least 4 members (excludes halogenated alkanes) is 2. The summed E-state index contributed by atoms with van der Waals surface area (Å²) >= 11 is 6.55. The quantitative estimate of drug-likeness (QED) is 0.112. The lowest BCUT2D eigenvalue weighted by Gasteiger charge is -2.14.